The van der Waals surface area contributed by atoms with Gasteiger partial charge in [-0.05, 0) is 30.3 Å². The van der Waals surface area contributed by atoms with Gasteiger partial charge < -0.3 is 5.32 Å². The van der Waals surface area contributed by atoms with E-state index >= 15 is 0 Å². The molecule has 0 spiro atoms. The number of amides is 2. The summed E-state index contributed by atoms with van der Waals surface area (Å²) in [5, 5.41) is 5.64. The maximum absolute atomic E-state index is 13.1. The molecule has 0 fully saturated rings. The second-order valence-corrected chi connectivity index (χ2v) is 7.90. The zero-order valence-corrected chi connectivity index (χ0v) is 17.9. The minimum absolute atomic E-state index is 0.0684. The molecule has 3 aromatic rings. The first-order chi connectivity index (χ1) is 13.8. The van der Waals surface area contributed by atoms with E-state index in [1.807, 2.05) is 6.07 Å². The van der Waals surface area contributed by atoms with Gasteiger partial charge in [0.05, 0.1) is 16.9 Å². The molecule has 0 saturated heterocycles. The number of thiazole rings is 1. The molecule has 0 unspecified atom stereocenters. The maximum Gasteiger partial charge on any atom is 0.416 e. The van der Waals surface area contributed by atoms with Gasteiger partial charge in [0.1, 0.15) is 0 Å². The Morgan fingerprint density at radius 2 is 1.97 bits per heavy atom. The van der Waals surface area contributed by atoms with Crippen molar-refractivity contribution in [3.8, 4) is 11.3 Å². The van der Waals surface area contributed by atoms with E-state index in [-0.39, 0.29) is 10.8 Å². The van der Waals surface area contributed by atoms with Crippen molar-refractivity contribution in [2.75, 3.05) is 16.8 Å². The van der Waals surface area contributed by atoms with Crippen LogP contribution >= 0.6 is 38.9 Å². The van der Waals surface area contributed by atoms with Crippen molar-refractivity contribution >= 4 is 55.7 Å². The predicted octanol–water partition coefficient (Wildman–Crippen LogP) is 6.72. The Bertz CT molecular complexity index is 1010. The Balaban J connectivity index is 2.02. The van der Waals surface area contributed by atoms with E-state index in [9.17, 15) is 18.0 Å². The van der Waals surface area contributed by atoms with Gasteiger partial charge in [-0.15, -0.1) is 11.3 Å². The fourth-order valence-corrected chi connectivity index (χ4v) is 3.76. The van der Waals surface area contributed by atoms with Crippen LogP contribution in [0, 0.1) is 0 Å². The number of benzene rings is 2. The predicted molar refractivity (Wildman–Crippen MR) is 113 cm³/mol. The van der Waals surface area contributed by atoms with E-state index in [1.54, 1.807) is 23.6 Å². The highest BCUT2D eigenvalue weighted by atomic mass is 79.9. The Morgan fingerprint density at radius 3 is 2.66 bits per heavy atom. The molecule has 10 heteroatoms. The third-order valence-electron chi connectivity index (χ3n) is 3.81. The number of nitrogens with one attached hydrogen (secondary N) is 1. The van der Waals surface area contributed by atoms with Crippen LogP contribution in [0.25, 0.3) is 11.3 Å². The molecule has 1 heterocycles. The lowest BCUT2D eigenvalue weighted by molar-refractivity contribution is -0.137. The third-order valence-corrected chi connectivity index (χ3v) is 5.27. The van der Waals surface area contributed by atoms with Crippen LogP contribution in [0.5, 0.6) is 0 Å². The number of halogens is 5. The highest BCUT2D eigenvalue weighted by Gasteiger charge is 2.32. The monoisotopic (exact) mass is 503 g/mol. The minimum Gasteiger partial charge on any atom is -0.336 e. The fraction of sp³-hybridized carbons (Fsp3) is 0.158. The Kier molecular flexibility index (Phi) is 6.81. The number of hydrogen-bond acceptors (Lipinski definition) is 3. The number of carbonyl (C=O) groups excluding carboxylic acids is 1. The van der Waals surface area contributed by atoms with Gasteiger partial charge in [0.15, 0.2) is 5.13 Å². The lowest BCUT2D eigenvalue weighted by Gasteiger charge is -2.21. The quantitative estimate of drug-likeness (QED) is 0.392. The van der Waals surface area contributed by atoms with Gasteiger partial charge in [-0.1, -0.05) is 45.7 Å². The molecule has 0 aliphatic carbocycles. The van der Waals surface area contributed by atoms with Crippen LogP contribution in [0.15, 0.2) is 53.9 Å². The number of anilines is 2. The first-order valence-corrected chi connectivity index (χ1v) is 10.7. The summed E-state index contributed by atoms with van der Waals surface area (Å²) in [6.45, 7) is 0.306. The minimum atomic E-state index is -4.52. The normalized spacial score (nSPS) is 11.3. The van der Waals surface area contributed by atoms with Crippen LogP contribution < -0.4 is 10.2 Å². The van der Waals surface area contributed by atoms with E-state index in [2.05, 4.69) is 26.2 Å². The van der Waals surface area contributed by atoms with Crippen molar-refractivity contribution < 1.29 is 18.0 Å². The van der Waals surface area contributed by atoms with E-state index < -0.39 is 17.8 Å². The zero-order chi connectivity index (χ0) is 21.0. The second kappa shape index (κ2) is 9.15. The number of carbonyl (C=O) groups is 1. The van der Waals surface area contributed by atoms with Gasteiger partial charge in [-0.25, -0.2) is 14.7 Å². The number of aromatic nitrogens is 1. The molecular formula is C19H14BrClF3N3OS. The summed E-state index contributed by atoms with van der Waals surface area (Å²) >= 11 is 10.4. The number of rotatable bonds is 5. The molecule has 2 amide bonds. The van der Waals surface area contributed by atoms with E-state index in [1.165, 1.54) is 12.1 Å². The lowest BCUT2D eigenvalue weighted by Crippen LogP contribution is -2.37. The van der Waals surface area contributed by atoms with E-state index in [4.69, 9.17) is 11.6 Å². The topological polar surface area (TPSA) is 45.2 Å². The number of urea groups is 1. The lowest BCUT2D eigenvalue weighted by atomic mass is 10.2. The molecule has 4 nitrogen and oxygen atoms in total. The standard InChI is InChI=1S/C19H14BrClF3N3OS/c20-7-8-25-17(28)27(15-6-2-4-13(10-15)19(22,23)24)18-26-16(11-29-18)12-3-1-5-14(21)9-12/h1-6,9-11H,7-8H2,(H,25,28). The second-order valence-electron chi connectivity index (χ2n) is 5.83. The molecule has 1 aromatic heterocycles. The van der Waals surface area contributed by atoms with Crippen LogP contribution in [0.2, 0.25) is 5.02 Å². The summed E-state index contributed by atoms with van der Waals surface area (Å²) < 4.78 is 39.4. The van der Waals surface area contributed by atoms with Crippen LogP contribution in [0.1, 0.15) is 5.56 Å². The van der Waals surface area contributed by atoms with Crippen LogP contribution in [-0.4, -0.2) is 22.9 Å². The molecule has 0 bridgehead atoms. The summed E-state index contributed by atoms with van der Waals surface area (Å²) in [6, 6.07) is 11.0. The summed E-state index contributed by atoms with van der Waals surface area (Å²) in [7, 11) is 0. The van der Waals surface area contributed by atoms with Crippen molar-refractivity contribution in [2.24, 2.45) is 0 Å². The summed E-state index contributed by atoms with van der Waals surface area (Å²) in [5.41, 5.74) is 0.529. The first-order valence-electron chi connectivity index (χ1n) is 8.32. The van der Waals surface area contributed by atoms with Crippen molar-refractivity contribution in [1.29, 1.82) is 0 Å². The van der Waals surface area contributed by atoms with Gasteiger partial charge >= 0.3 is 12.2 Å². The van der Waals surface area contributed by atoms with Crippen LogP contribution in [0.3, 0.4) is 0 Å². The van der Waals surface area contributed by atoms with Crippen molar-refractivity contribution in [3.63, 3.8) is 0 Å². The molecule has 152 valence electrons. The van der Waals surface area contributed by atoms with Crippen LogP contribution in [-0.2, 0) is 6.18 Å². The largest absolute Gasteiger partial charge is 0.416 e. The zero-order valence-electron chi connectivity index (χ0n) is 14.7. The van der Waals surface area contributed by atoms with E-state index in [0.717, 1.165) is 33.9 Å². The van der Waals surface area contributed by atoms with Gasteiger partial charge in [0.25, 0.3) is 0 Å². The number of alkyl halides is 4. The average Bonchev–Trinajstić information content (AvgIpc) is 3.16. The highest BCUT2D eigenvalue weighted by molar-refractivity contribution is 9.09. The maximum atomic E-state index is 13.1. The summed E-state index contributed by atoms with van der Waals surface area (Å²) in [6.07, 6.45) is -4.52. The van der Waals surface area contributed by atoms with Crippen molar-refractivity contribution in [1.82, 2.24) is 10.3 Å². The molecule has 0 saturated carbocycles. The van der Waals surface area contributed by atoms with Gasteiger partial charge in [0, 0.05) is 27.8 Å². The van der Waals surface area contributed by atoms with Gasteiger partial charge in [-0.3, -0.25) is 0 Å². The molecule has 1 N–H and O–H groups in total. The Morgan fingerprint density at radius 1 is 1.21 bits per heavy atom. The first kappa shape index (κ1) is 21.6. The molecule has 3 rings (SSSR count). The Labute approximate surface area is 182 Å². The molecule has 29 heavy (non-hydrogen) atoms. The van der Waals surface area contributed by atoms with Gasteiger partial charge in [-0.2, -0.15) is 13.2 Å². The highest BCUT2D eigenvalue weighted by Crippen LogP contribution is 2.36. The van der Waals surface area contributed by atoms with Crippen molar-refractivity contribution in [2.45, 2.75) is 6.18 Å². The number of hydrogen-bond donors (Lipinski definition) is 1. The summed E-state index contributed by atoms with van der Waals surface area (Å²) in [5.74, 6) is 0. The van der Waals surface area contributed by atoms with Gasteiger partial charge in [0.2, 0.25) is 0 Å². The molecule has 0 aliphatic rings. The molecule has 0 aliphatic heterocycles. The molecular weight excluding hydrogens is 491 g/mol. The molecule has 0 radical (unpaired) electrons. The summed E-state index contributed by atoms with van der Waals surface area (Å²) in [4.78, 5) is 18.3. The molecule has 2 aromatic carbocycles. The fourth-order valence-electron chi connectivity index (χ4n) is 2.52. The SMILES string of the molecule is O=C(NCCBr)N(c1cccc(C(F)(F)F)c1)c1nc(-c2cccc(Cl)c2)cs1. The van der Waals surface area contributed by atoms with E-state index in [0.29, 0.717) is 22.6 Å². The van der Waals surface area contributed by atoms with Crippen molar-refractivity contribution in [3.05, 3.63) is 64.5 Å². The average molecular weight is 505 g/mol. The Hall–Kier alpha value is -2.10. The number of nitrogens with zero attached hydrogens (tertiary/aromatic N) is 2. The third kappa shape index (κ3) is 5.29. The van der Waals surface area contributed by atoms with Crippen LogP contribution in [0.4, 0.5) is 28.8 Å². The molecule has 0 atom stereocenters. The smallest absolute Gasteiger partial charge is 0.336 e.